The van der Waals surface area contributed by atoms with Crippen LogP contribution in [0.1, 0.15) is 5.56 Å². The van der Waals surface area contributed by atoms with Crippen LogP contribution in [0.3, 0.4) is 0 Å². The van der Waals surface area contributed by atoms with E-state index in [1.807, 2.05) is 60.7 Å². The van der Waals surface area contributed by atoms with E-state index in [-0.39, 0.29) is 6.79 Å². The van der Waals surface area contributed by atoms with Crippen LogP contribution in [-0.4, -0.2) is 21.9 Å². The maximum atomic E-state index is 5.60. The van der Waals surface area contributed by atoms with Crippen LogP contribution in [0.4, 0.5) is 5.69 Å². The molecule has 34 heavy (non-hydrogen) atoms. The molecule has 0 radical (unpaired) electrons. The zero-order chi connectivity index (χ0) is 22.9. The first kappa shape index (κ1) is 20.3. The summed E-state index contributed by atoms with van der Waals surface area (Å²) in [6, 6.07) is 18.8. The number of fused-ring (bicyclic) bond motifs is 2. The van der Waals surface area contributed by atoms with Gasteiger partial charge in [0, 0.05) is 12.2 Å². The van der Waals surface area contributed by atoms with E-state index in [9.17, 15) is 0 Å². The third kappa shape index (κ3) is 3.93. The highest BCUT2D eigenvalue weighted by molar-refractivity contribution is 7.80. The minimum atomic E-state index is 0.252. The number of benzene rings is 2. The zero-order valence-corrected chi connectivity index (χ0v) is 18.6. The molecule has 0 saturated heterocycles. The monoisotopic (exact) mass is 470 g/mol. The Balaban J connectivity index is 1.23. The van der Waals surface area contributed by atoms with E-state index in [4.69, 9.17) is 40.5 Å². The van der Waals surface area contributed by atoms with Gasteiger partial charge in [-0.25, -0.2) is 9.97 Å². The smallest absolute Gasteiger partial charge is 0.231 e. The second-order valence-electron chi connectivity index (χ2n) is 7.57. The van der Waals surface area contributed by atoms with Crippen molar-refractivity contribution in [3.05, 3.63) is 78.8 Å². The summed E-state index contributed by atoms with van der Waals surface area (Å²) in [5.74, 6) is 2.73. The first-order chi connectivity index (χ1) is 16.7. The Morgan fingerprint density at radius 2 is 1.56 bits per heavy atom. The summed E-state index contributed by atoms with van der Waals surface area (Å²) in [4.78, 5) is 9.61. The molecule has 3 aromatic heterocycles. The van der Waals surface area contributed by atoms with Crippen LogP contribution < -0.4 is 20.1 Å². The third-order valence-corrected chi connectivity index (χ3v) is 5.57. The maximum absolute atomic E-state index is 5.60. The van der Waals surface area contributed by atoms with Gasteiger partial charge in [0.1, 0.15) is 11.4 Å². The number of thiocarbonyl (C=S) groups is 1. The molecule has 0 atom stereocenters. The Morgan fingerprint density at radius 1 is 0.824 bits per heavy atom. The summed E-state index contributed by atoms with van der Waals surface area (Å²) in [7, 11) is 0. The van der Waals surface area contributed by atoms with E-state index in [0.717, 1.165) is 28.3 Å². The predicted molar refractivity (Wildman–Crippen MR) is 131 cm³/mol. The number of hydrogen-bond acceptors (Lipinski definition) is 7. The highest BCUT2D eigenvalue weighted by Gasteiger charge is 2.17. The van der Waals surface area contributed by atoms with Crippen molar-refractivity contribution in [2.45, 2.75) is 6.54 Å². The van der Waals surface area contributed by atoms with E-state index in [2.05, 4.69) is 10.6 Å². The maximum Gasteiger partial charge on any atom is 0.231 e. The quantitative estimate of drug-likeness (QED) is 0.329. The number of hydrogen-bond donors (Lipinski definition) is 2. The molecule has 0 fully saturated rings. The summed E-state index contributed by atoms with van der Waals surface area (Å²) >= 11 is 5.48. The number of anilines is 1. The van der Waals surface area contributed by atoms with Gasteiger partial charge in [0.2, 0.25) is 6.79 Å². The molecule has 2 aromatic carbocycles. The second-order valence-corrected chi connectivity index (χ2v) is 7.98. The Labute approximate surface area is 199 Å². The molecule has 4 heterocycles. The van der Waals surface area contributed by atoms with E-state index in [1.54, 1.807) is 12.5 Å². The lowest BCUT2D eigenvalue weighted by Crippen LogP contribution is -2.27. The van der Waals surface area contributed by atoms with Crippen molar-refractivity contribution < 1.29 is 18.3 Å². The van der Waals surface area contributed by atoms with Crippen molar-refractivity contribution >= 4 is 34.1 Å². The van der Waals surface area contributed by atoms with E-state index >= 15 is 0 Å². The van der Waals surface area contributed by atoms with Gasteiger partial charge < -0.3 is 28.9 Å². The summed E-state index contributed by atoms with van der Waals surface area (Å²) in [5, 5.41) is 6.91. The van der Waals surface area contributed by atoms with Crippen molar-refractivity contribution in [1.29, 1.82) is 0 Å². The average Bonchev–Trinajstić information content (AvgIpc) is 3.64. The van der Waals surface area contributed by atoms with Crippen molar-refractivity contribution in [3.8, 4) is 34.4 Å². The number of nitrogens with one attached hydrogen (secondary N) is 2. The van der Waals surface area contributed by atoms with Gasteiger partial charge in [0.05, 0.1) is 23.6 Å². The molecule has 1 aliphatic heterocycles. The van der Waals surface area contributed by atoms with Gasteiger partial charge in [-0.1, -0.05) is 6.07 Å². The number of rotatable bonds is 5. The van der Waals surface area contributed by atoms with E-state index < -0.39 is 0 Å². The molecule has 0 spiro atoms. The number of ether oxygens (including phenoxy) is 2. The molecular formula is C25H18N4O4S. The van der Waals surface area contributed by atoms with Gasteiger partial charge in [-0.3, -0.25) is 0 Å². The van der Waals surface area contributed by atoms with Crippen LogP contribution in [0, 0.1) is 0 Å². The van der Waals surface area contributed by atoms with Crippen molar-refractivity contribution in [3.63, 3.8) is 0 Å². The van der Waals surface area contributed by atoms with Crippen molar-refractivity contribution in [2.24, 2.45) is 0 Å². The Morgan fingerprint density at radius 3 is 2.29 bits per heavy atom. The van der Waals surface area contributed by atoms with E-state index in [1.165, 1.54) is 0 Å². The minimum Gasteiger partial charge on any atom is -0.463 e. The standard InChI is InChI=1S/C25H18N4O4S/c34-25(26-13-15-5-8-19-22(11-15)33-14-32-19)27-16-6-7-17-18(12-16)29-24(21-4-2-10-31-21)23(28-17)20-3-1-9-30-20/h1-12H,13-14H2,(H2,26,27,34). The molecule has 0 unspecified atom stereocenters. The predicted octanol–water partition coefficient (Wildman–Crippen LogP) is 5.37. The first-order valence-electron chi connectivity index (χ1n) is 10.6. The van der Waals surface area contributed by atoms with Crippen LogP contribution in [0.5, 0.6) is 11.5 Å². The van der Waals surface area contributed by atoms with Crippen LogP contribution in [0.25, 0.3) is 33.9 Å². The third-order valence-electron chi connectivity index (χ3n) is 5.32. The molecule has 0 saturated carbocycles. The van der Waals surface area contributed by atoms with Crippen LogP contribution >= 0.6 is 12.2 Å². The van der Waals surface area contributed by atoms with Gasteiger partial charge in [-0.2, -0.15) is 0 Å². The van der Waals surface area contributed by atoms with Gasteiger partial charge in [0.25, 0.3) is 0 Å². The summed E-state index contributed by atoms with van der Waals surface area (Å²) < 4.78 is 21.9. The lowest BCUT2D eigenvalue weighted by molar-refractivity contribution is 0.174. The van der Waals surface area contributed by atoms with Gasteiger partial charge in [-0.05, 0) is 72.4 Å². The second kappa shape index (κ2) is 8.53. The first-order valence-corrected chi connectivity index (χ1v) is 11.0. The lowest BCUT2D eigenvalue weighted by Gasteiger charge is -2.12. The summed E-state index contributed by atoms with van der Waals surface area (Å²) in [6.07, 6.45) is 3.22. The summed E-state index contributed by atoms with van der Waals surface area (Å²) in [5.41, 5.74) is 4.48. The highest BCUT2D eigenvalue weighted by atomic mass is 32.1. The van der Waals surface area contributed by atoms with E-state index in [0.29, 0.717) is 40.1 Å². The van der Waals surface area contributed by atoms with Crippen molar-refractivity contribution in [1.82, 2.24) is 15.3 Å². The molecular weight excluding hydrogens is 452 g/mol. The van der Waals surface area contributed by atoms with Crippen LogP contribution in [0.2, 0.25) is 0 Å². The normalized spacial score (nSPS) is 12.1. The van der Waals surface area contributed by atoms with Crippen molar-refractivity contribution in [2.75, 3.05) is 12.1 Å². The molecule has 0 amide bonds. The minimum absolute atomic E-state index is 0.252. The average molecular weight is 471 g/mol. The number of nitrogens with zero attached hydrogens (tertiary/aromatic N) is 2. The fraction of sp³-hybridized carbons (Fsp3) is 0.0800. The lowest BCUT2D eigenvalue weighted by atomic mass is 10.1. The SMILES string of the molecule is S=C(NCc1ccc2c(c1)OCO2)Nc1ccc2nc(-c3ccco3)c(-c3ccco3)nc2c1. The molecule has 0 bridgehead atoms. The molecule has 9 heteroatoms. The molecule has 6 rings (SSSR count). The molecule has 8 nitrogen and oxygen atoms in total. The van der Waals surface area contributed by atoms with Crippen LogP contribution in [-0.2, 0) is 6.54 Å². The molecule has 5 aromatic rings. The number of aromatic nitrogens is 2. The van der Waals surface area contributed by atoms with Gasteiger partial charge in [0.15, 0.2) is 28.1 Å². The fourth-order valence-corrected chi connectivity index (χ4v) is 3.90. The molecule has 2 N–H and O–H groups in total. The largest absolute Gasteiger partial charge is 0.463 e. The van der Waals surface area contributed by atoms with Crippen LogP contribution in [0.15, 0.2) is 82.0 Å². The molecule has 168 valence electrons. The topological polar surface area (TPSA) is 94.6 Å². The summed E-state index contributed by atoms with van der Waals surface area (Å²) in [6.45, 7) is 0.798. The molecule has 1 aliphatic rings. The Kier molecular flexibility index (Phi) is 5.08. The Hall–Kier alpha value is -4.37. The fourth-order valence-electron chi connectivity index (χ4n) is 3.71. The van der Waals surface area contributed by atoms with Gasteiger partial charge in [-0.15, -0.1) is 0 Å². The van der Waals surface area contributed by atoms with Gasteiger partial charge >= 0.3 is 0 Å². The highest BCUT2D eigenvalue weighted by Crippen LogP contribution is 2.33. The number of furan rings is 2. The molecule has 0 aliphatic carbocycles. The zero-order valence-electron chi connectivity index (χ0n) is 17.8. The Bertz CT molecular complexity index is 1480.